The van der Waals surface area contributed by atoms with Crippen LogP contribution in [0.25, 0.3) is 0 Å². The van der Waals surface area contributed by atoms with Crippen molar-refractivity contribution in [3.05, 3.63) is 44.9 Å². The van der Waals surface area contributed by atoms with Gasteiger partial charge >= 0.3 is 0 Å². The summed E-state index contributed by atoms with van der Waals surface area (Å²) in [7, 11) is 0. The molecule has 0 fully saturated rings. The Morgan fingerprint density at radius 2 is 2.24 bits per heavy atom. The summed E-state index contributed by atoms with van der Waals surface area (Å²) in [5.41, 5.74) is 0.519. The molecule has 0 spiro atoms. The maximum absolute atomic E-state index is 11.8. The second-order valence-corrected chi connectivity index (χ2v) is 4.09. The highest BCUT2D eigenvalue weighted by atomic mass is 35.5. The van der Waals surface area contributed by atoms with Crippen molar-refractivity contribution in [2.75, 3.05) is 0 Å². The molecular formula is C11H12ClN3O2. The van der Waals surface area contributed by atoms with Crippen molar-refractivity contribution in [2.24, 2.45) is 0 Å². The third kappa shape index (κ3) is 2.55. The van der Waals surface area contributed by atoms with E-state index < -0.39 is 0 Å². The van der Waals surface area contributed by atoms with Crippen molar-refractivity contribution in [3.8, 4) is 0 Å². The van der Waals surface area contributed by atoms with E-state index in [2.05, 4.69) is 10.1 Å². The van der Waals surface area contributed by atoms with E-state index in [1.807, 2.05) is 6.92 Å². The average Bonchev–Trinajstić information content (AvgIpc) is 2.67. The van der Waals surface area contributed by atoms with E-state index >= 15 is 0 Å². The molecule has 90 valence electrons. The van der Waals surface area contributed by atoms with Crippen LogP contribution < -0.4 is 5.56 Å². The molecule has 5 nitrogen and oxygen atoms in total. The fourth-order valence-corrected chi connectivity index (χ4v) is 1.81. The summed E-state index contributed by atoms with van der Waals surface area (Å²) in [6.45, 7) is 4.08. The predicted octanol–water partition coefficient (Wildman–Crippen LogP) is 1.80. The van der Waals surface area contributed by atoms with Crippen molar-refractivity contribution < 1.29 is 4.52 Å². The van der Waals surface area contributed by atoms with Gasteiger partial charge in [0.15, 0.2) is 0 Å². The fraction of sp³-hybridized carbons (Fsp3) is 0.364. The molecule has 0 bridgehead atoms. The van der Waals surface area contributed by atoms with Gasteiger partial charge in [-0.25, -0.2) is 4.98 Å². The summed E-state index contributed by atoms with van der Waals surface area (Å²) in [5, 5.41) is 4.08. The number of nitrogens with zero attached hydrogens (tertiary/aromatic N) is 3. The molecule has 0 aliphatic heterocycles. The van der Waals surface area contributed by atoms with Gasteiger partial charge in [0.2, 0.25) is 0 Å². The van der Waals surface area contributed by atoms with Gasteiger partial charge in [0, 0.05) is 18.6 Å². The van der Waals surface area contributed by atoms with Crippen LogP contribution in [-0.4, -0.2) is 14.7 Å². The summed E-state index contributed by atoms with van der Waals surface area (Å²) in [5.74, 6) is 1.36. The van der Waals surface area contributed by atoms with Gasteiger partial charge in [-0.05, 0) is 6.92 Å². The Balaban J connectivity index is 2.41. The molecule has 2 aromatic rings. The summed E-state index contributed by atoms with van der Waals surface area (Å²) in [4.78, 5) is 15.9. The van der Waals surface area contributed by atoms with Crippen molar-refractivity contribution in [1.29, 1.82) is 0 Å². The molecule has 0 unspecified atom stereocenters. The molecule has 2 aromatic heterocycles. The fourth-order valence-electron chi connectivity index (χ4n) is 1.62. The first-order valence-electron chi connectivity index (χ1n) is 5.28. The lowest BCUT2D eigenvalue weighted by atomic mass is 10.3. The van der Waals surface area contributed by atoms with Gasteiger partial charge < -0.3 is 4.52 Å². The quantitative estimate of drug-likeness (QED) is 0.783. The smallest absolute Gasteiger partial charge is 0.255 e. The highest BCUT2D eigenvalue weighted by Gasteiger charge is 2.09. The second-order valence-electron chi connectivity index (χ2n) is 3.70. The van der Waals surface area contributed by atoms with Crippen molar-refractivity contribution >= 4 is 11.6 Å². The number of aromatic nitrogens is 3. The first-order valence-corrected chi connectivity index (χ1v) is 5.66. The average molecular weight is 254 g/mol. The molecule has 0 saturated heterocycles. The Morgan fingerprint density at radius 3 is 2.82 bits per heavy atom. The summed E-state index contributed by atoms with van der Waals surface area (Å²) >= 11 is 5.75. The number of hydrogen-bond donors (Lipinski definition) is 0. The van der Waals surface area contributed by atoms with Crippen LogP contribution in [0.1, 0.15) is 24.2 Å². The lowest BCUT2D eigenvalue weighted by Crippen LogP contribution is -2.24. The van der Waals surface area contributed by atoms with E-state index in [4.69, 9.17) is 16.1 Å². The first kappa shape index (κ1) is 11.9. The Hall–Kier alpha value is -1.62. The SMILES string of the molecule is CCc1nc(Cl)cc(=O)n1Cc1cc(C)on1. The molecule has 0 aromatic carbocycles. The van der Waals surface area contributed by atoms with Gasteiger partial charge in [0.25, 0.3) is 5.56 Å². The monoisotopic (exact) mass is 253 g/mol. The predicted molar refractivity (Wildman–Crippen MR) is 63.2 cm³/mol. The lowest BCUT2D eigenvalue weighted by molar-refractivity contribution is 0.388. The molecule has 0 radical (unpaired) electrons. The van der Waals surface area contributed by atoms with Crippen LogP contribution in [-0.2, 0) is 13.0 Å². The Labute approximate surface area is 103 Å². The Bertz CT molecular complexity index is 589. The van der Waals surface area contributed by atoms with Gasteiger partial charge in [-0.1, -0.05) is 23.7 Å². The standard InChI is InChI=1S/C11H12ClN3O2/c1-3-10-13-9(12)5-11(16)15(10)6-8-4-7(2)17-14-8/h4-5H,3,6H2,1-2H3. The van der Waals surface area contributed by atoms with Crippen molar-refractivity contribution in [3.63, 3.8) is 0 Å². The van der Waals surface area contributed by atoms with Gasteiger partial charge in [0.1, 0.15) is 22.4 Å². The zero-order valence-electron chi connectivity index (χ0n) is 9.61. The minimum atomic E-state index is -0.178. The van der Waals surface area contributed by atoms with Gasteiger partial charge in [0.05, 0.1) is 6.54 Å². The molecule has 17 heavy (non-hydrogen) atoms. The van der Waals surface area contributed by atoms with E-state index in [9.17, 15) is 4.79 Å². The van der Waals surface area contributed by atoms with E-state index in [0.717, 1.165) is 0 Å². The van der Waals surface area contributed by atoms with Gasteiger partial charge in [-0.2, -0.15) is 0 Å². The molecule has 0 saturated carbocycles. The van der Waals surface area contributed by atoms with Crippen LogP contribution in [0.5, 0.6) is 0 Å². The number of hydrogen-bond acceptors (Lipinski definition) is 4. The molecule has 2 heterocycles. The lowest BCUT2D eigenvalue weighted by Gasteiger charge is -2.08. The number of halogens is 1. The molecule has 0 aliphatic carbocycles. The molecule has 0 N–H and O–H groups in total. The van der Waals surface area contributed by atoms with Crippen LogP contribution in [0.3, 0.4) is 0 Å². The highest BCUT2D eigenvalue weighted by Crippen LogP contribution is 2.07. The molecule has 2 rings (SSSR count). The van der Waals surface area contributed by atoms with Gasteiger partial charge in [-0.15, -0.1) is 0 Å². The summed E-state index contributed by atoms with van der Waals surface area (Å²) in [6.07, 6.45) is 0.632. The van der Waals surface area contributed by atoms with E-state index in [-0.39, 0.29) is 10.7 Å². The Morgan fingerprint density at radius 1 is 1.47 bits per heavy atom. The second kappa shape index (κ2) is 4.71. The Kier molecular flexibility index (Phi) is 3.28. The van der Waals surface area contributed by atoms with Crippen LogP contribution in [0.2, 0.25) is 5.15 Å². The summed E-state index contributed by atoms with van der Waals surface area (Å²) in [6, 6.07) is 3.09. The first-order chi connectivity index (χ1) is 8.10. The van der Waals surface area contributed by atoms with Crippen molar-refractivity contribution in [2.45, 2.75) is 26.8 Å². The molecule has 0 aliphatic rings. The van der Waals surface area contributed by atoms with Crippen LogP contribution in [0.15, 0.2) is 21.5 Å². The third-order valence-corrected chi connectivity index (χ3v) is 2.56. The molecule has 0 amide bonds. The zero-order valence-corrected chi connectivity index (χ0v) is 10.4. The molecule has 6 heteroatoms. The minimum absolute atomic E-state index is 0.178. The largest absolute Gasteiger partial charge is 0.361 e. The van der Waals surface area contributed by atoms with E-state index in [1.165, 1.54) is 6.07 Å². The molecular weight excluding hydrogens is 242 g/mol. The minimum Gasteiger partial charge on any atom is -0.361 e. The maximum atomic E-state index is 11.8. The normalized spacial score (nSPS) is 10.8. The van der Waals surface area contributed by atoms with Crippen LogP contribution in [0.4, 0.5) is 0 Å². The van der Waals surface area contributed by atoms with Crippen LogP contribution in [0, 0.1) is 6.92 Å². The van der Waals surface area contributed by atoms with Gasteiger partial charge in [-0.3, -0.25) is 9.36 Å². The highest BCUT2D eigenvalue weighted by molar-refractivity contribution is 6.29. The van der Waals surface area contributed by atoms with E-state index in [0.29, 0.717) is 30.2 Å². The maximum Gasteiger partial charge on any atom is 0.255 e. The van der Waals surface area contributed by atoms with Crippen LogP contribution >= 0.6 is 11.6 Å². The zero-order chi connectivity index (χ0) is 12.4. The summed E-state index contributed by atoms with van der Waals surface area (Å²) < 4.78 is 6.51. The topological polar surface area (TPSA) is 60.9 Å². The van der Waals surface area contributed by atoms with E-state index in [1.54, 1.807) is 17.6 Å². The molecule has 0 atom stereocenters. The third-order valence-electron chi connectivity index (χ3n) is 2.37. The van der Waals surface area contributed by atoms with Crippen molar-refractivity contribution in [1.82, 2.24) is 14.7 Å². The number of aryl methyl sites for hydroxylation is 2. The number of rotatable bonds is 3.